The first-order valence-corrected chi connectivity index (χ1v) is 10.5. The number of aryl methyl sites for hydroxylation is 1. The number of fused-ring (bicyclic) bond motifs is 1. The van der Waals surface area contributed by atoms with Crippen molar-refractivity contribution in [1.29, 1.82) is 0 Å². The quantitative estimate of drug-likeness (QED) is 0.840. The van der Waals surface area contributed by atoms with Crippen molar-refractivity contribution in [3.63, 3.8) is 0 Å². The molecule has 4 rings (SSSR count). The number of carbonyl (C=O) groups is 1. The lowest BCUT2D eigenvalue weighted by atomic mass is 10.1. The molecule has 1 saturated carbocycles. The van der Waals surface area contributed by atoms with Crippen molar-refractivity contribution >= 4 is 27.0 Å². The zero-order valence-corrected chi connectivity index (χ0v) is 15.6. The first-order chi connectivity index (χ1) is 12.4. The molecule has 1 amide bonds. The van der Waals surface area contributed by atoms with E-state index in [9.17, 15) is 13.2 Å². The Labute approximate surface area is 152 Å². The first-order valence-electron chi connectivity index (χ1n) is 9.03. The summed E-state index contributed by atoms with van der Waals surface area (Å²) in [5.74, 6) is 0.163. The molecule has 2 aromatic rings. The predicted octanol–water partition coefficient (Wildman–Crippen LogP) is 1.04. The number of sulfonamides is 1. The Hall–Kier alpha value is -2.00. The van der Waals surface area contributed by atoms with Crippen LogP contribution in [0.2, 0.25) is 0 Å². The number of rotatable bonds is 5. The minimum atomic E-state index is -3.71. The van der Waals surface area contributed by atoms with E-state index in [1.54, 1.807) is 19.2 Å². The summed E-state index contributed by atoms with van der Waals surface area (Å²) in [5, 5.41) is 8.31. The summed E-state index contributed by atoms with van der Waals surface area (Å²) < 4.78 is 28.2. The third-order valence-electron chi connectivity index (χ3n) is 5.33. The van der Waals surface area contributed by atoms with Crippen LogP contribution >= 0.6 is 0 Å². The molecule has 1 atom stereocenters. The van der Waals surface area contributed by atoms with Crippen LogP contribution in [0.3, 0.4) is 0 Å². The molecule has 8 nitrogen and oxygen atoms in total. The Morgan fingerprint density at radius 2 is 2.00 bits per heavy atom. The number of amides is 1. The number of nitrogens with one attached hydrogen (secondary N) is 1. The molecule has 1 saturated heterocycles. The molecule has 1 aromatic carbocycles. The monoisotopic (exact) mass is 377 g/mol. The molecular weight excluding hydrogens is 354 g/mol. The first kappa shape index (κ1) is 17.4. The van der Waals surface area contributed by atoms with Gasteiger partial charge in [-0.1, -0.05) is 18.9 Å². The number of hydrogen-bond donors (Lipinski definition) is 1. The van der Waals surface area contributed by atoms with Crippen molar-refractivity contribution in [3.8, 4) is 0 Å². The maximum absolute atomic E-state index is 12.7. The van der Waals surface area contributed by atoms with Crippen LogP contribution < -0.4 is 4.72 Å². The zero-order valence-electron chi connectivity index (χ0n) is 14.8. The fourth-order valence-electron chi connectivity index (χ4n) is 4.05. The van der Waals surface area contributed by atoms with Crippen LogP contribution in [0.5, 0.6) is 0 Å². The Bertz CT molecular complexity index is 933. The van der Waals surface area contributed by atoms with Gasteiger partial charge in [0.25, 0.3) is 0 Å². The highest BCUT2D eigenvalue weighted by Crippen LogP contribution is 2.29. The van der Waals surface area contributed by atoms with E-state index in [4.69, 9.17) is 0 Å². The highest BCUT2D eigenvalue weighted by Gasteiger charge is 2.36. The Morgan fingerprint density at radius 1 is 1.23 bits per heavy atom. The van der Waals surface area contributed by atoms with Gasteiger partial charge < -0.3 is 4.90 Å². The zero-order chi connectivity index (χ0) is 18.3. The van der Waals surface area contributed by atoms with Crippen molar-refractivity contribution < 1.29 is 13.2 Å². The molecule has 140 valence electrons. The molecule has 2 aliphatic rings. The van der Waals surface area contributed by atoms with Crippen LogP contribution in [0.4, 0.5) is 0 Å². The van der Waals surface area contributed by atoms with Crippen LogP contribution in [0, 0.1) is 5.92 Å². The summed E-state index contributed by atoms with van der Waals surface area (Å²) in [6.45, 7) is 0.898. The molecule has 0 bridgehead atoms. The smallest absolute Gasteiger partial charge is 0.242 e. The molecule has 1 aliphatic carbocycles. The Morgan fingerprint density at radius 3 is 2.77 bits per heavy atom. The molecule has 1 N–H and O–H groups in total. The summed E-state index contributed by atoms with van der Waals surface area (Å²) in [4.78, 5) is 15.7. The summed E-state index contributed by atoms with van der Waals surface area (Å²) in [6, 6.07) is 5.27. The third kappa shape index (κ3) is 3.21. The summed E-state index contributed by atoms with van der Waals surface area (Å²) >= 11 is 0. The fraction of sp³-hybridized carbons (Fsp3) is 0.588. The standard InChI is InChI=1S/C17H23N5O3S/c1-21-19-14-7-4-8-15(17(14)20-21)26(24,25)18-10-12-9-16(23)22(11-12)13-5-2-3-6-13/h4,7-8,12-13,18H,2-3,5-6,9-11H2,1H3/t12-/m0/s1. The van der Waals surface area contributed by atoms with Gasteiger partial charge in [0, 0.05) is 32.6 Å². The van der Waals surface area contributed by atoms with Gasteiger partial charge in [-0.3, -0.25) is 4.79 Å². The highest BCUT2D eigenvalue weighted by atomic mass is 32.2. The second-order valence-corrected chi connectivity index (χ2v) is 8.96. The average Bonchev–Trinajstić information content (AvgIpc) is 3.30. The van der Waals surface area contributed by atoms with Gasteiger partial charge in [-0.2, -0.15) is 15.0 Å². The minimum Gasteiger partial charge on any atom is -0.339 e. The lowest BCUT2D eigenvalue weighted by molar-refractivity contribution is -0.129. The maximum atomic E-state index is 12.7. The normalized spacial score (nSPS) is 22.0. The second-order valence-electron chi connectivity index (χ2n) is 7.22. The topological polar surface area (TPSA) is 97.2 Å². The van der Waals surface area contributed by atoms with Crippen molar-refractivity contribution in [2.75, 3.05) is 13.1 Å². The molecule has 1 aliphatic heterocycles. The highest BCUT2D eigenvalue weighted by molar-refractivity contribution is 7.89. The van der Waals surface area contributed by atoms with Crippen LogP contribution in [0.25, 0.3) is 11.0 Å². The van der Waals surface area contributed by atoms with Gasteiger partial charge in [-0.25, -0.2) is 13.1 Å². The van der Waals surface area contributed by atoms with E-state index in [1.165, 1.54) is 23.7 Å². The van der Waals surface area contributed by atoms with E-state index in [2.05, 4.69) is 14.9 Å². The molecule has 0 unspecified atom stereocenters. The fourth-order valence-corrected chi connectivity index (χ4v) is 5.32. The summed E-state index contributed by atoms with van der Waals surface area (Å²) in [6.07, 6.45) is 4.90. The lowest BCUT2D eigenvalue weighted by Crippen LogP contribution is -2.36. The molecule has 9 heteroatoms. The third-order valence-corrected chi connectivity index (χ3v) is 6.79. The predicted molar refractivity (Wildman–Crippen MR) is 95.8 cm³/mol. The van der Waals surface area contributed by atoms with Crippen LogP contribution in [-0.2, 0) is 21.9 Å². The van der Waals surface area contributed by atoms with Gasteiger partial charge in [0.1, 0.15) is 15.9 Å². The van der Waals surface area contributed by atoms with Gasteiger partial charge >= 0.3 is 0 Å². The van der Waals surface area contributed by atoms with Gasteiger partial charge in [0.2, 0.25) is 15.9 Å². The number of likely N-dealkylation sites (tertiary alicyclic amines) is 1. The lowest BCUT2D eigenvalue weighted by Gasteiger charge is -2.24. The largest absolute Gasteiger partial charge is 0.339 e. The van der Waals surface area contributed by atoms with Crippen molar-refractivity contribution in [2.45, 2.75) is 43.0 Å². The molecular formula is C17H23N5O3S. The van der Waals surface area contributed by atoms with Crippen molar-refractivity contribution in [1.82, 2.24) is 24.6 Å². The van der Waals surface area contributed by atoms with Gasteiger partial charge in [0.05, 0.1) is 0 Å². The number of nitrogens with zero attached hydrogens (tertiary/aromatic N) is 4. The summed E-state index contributed by atoms with van der Waals surface area (Å²) in [5.41, 5.74) is 0.899. The van der Waals surface area contributed by atoms with E-state index >= 15 is 0 Å². The van der Waals surface area contributed by atoms with Crippen LogP contribution in [0.15, 0.2) is 23.1 Å². The SMILES string of the molecule is Cn1nc2cccc(S(=O)(=O)NC[C@@H]3CC(=O)N(C4CCCC4)C3)c2n1. The average molecular weight is 377 g/mol. The second kappa shape index (κ2) is 6.62. The Balaban J connectivity index is 1.46. The maximum Gasteiger partial charge on any atom is 0.242 e. The van der Waals surface area contributed by atoms with Crippen LogP contribution in [-0.4, -0.2) is 53.4 Å². The van der Waals surface area contributed by atoms with Crippen molar-refractivity contribution in [3.05, 3.63) is 18.2 Å². The van der Waals surface area contributed by atoms with E-state index in [1.807, 2.05) is 4.90 Å². The van der Waals surface area contributed by atoms with E-state index < -0.39 is 10.0 Å². The van der Waals surface area contributed by atoms with Gasteiger partial charge in [-0.15, -0.1) is 0 Å². The van der Waals surface area contributed by atoms with E-state index in [0.717, 1.165) is 12.8 Å². The molecule has 2 fully saturated rings. The van der Waals surface area contributed by atoms with Gasteiger partial charge in [-0.05, 0) is 30.9 Å². The Kier molecular flexibility index (Phi) is 4.44. The molecule has 26 heavy (non-hydrogen) atoms. The number of carbonyl (C=O) groups excluding carboxylic acids is 1. The number of aromatic nitrogens is 3. The molecule has 0 spiro atoms. The number of benzene rings is 1. The molecule has 2 heterocycles. The van der Waals surface area contributed by atoms with E-state index in [-0.39, 0.29) is 23.3 Å². The van der Waals surface area contributed by atoms with E-state index in [0.29, 0.717) is 30.0 Å². The molecule has 1 aromatic heterocycles. The van der Waals surface area contributed by atoms with Crippen molar-refractivity contribution in [2.24, 2.45) is 13.0 Å². The summed E-state index contributed by atoms with van der Waals surface area (Å²) in [7, 11) is -2.05. The van der Waals surface area contributed by atoms with Gasteiger partial charge in [0.15, 0.2) is 0 Å². The minimum absolute atomic E-state index is 0.0129. The number of hydrogen-bond acceptors (Lipinski definition) is 5. The van der Waals surface area contributed by atoms with Crippen LogP contribution in [0.1, 0.15) is 32.1 Å². The molecule has 0 radical (unpaired) electrons.